The molecule has 3 rings (SSSR count). The number of aryl methyl sites for hydroxylation is 1. The predicted octanol–water partition coefficient (Wildman–Crippen LogP) is 4.67. The normalized spacial score (nSPS) is 10.8. The molecule has 1 aromatic carbocycles. The van der Waals surface area contributed by atoms with Crippen molar-refractivity contribution in [1.82, 2.24) is 9.97 Å². The lowest BCUT2D eigenvalue weighted by molar-refractivity contribution is 0.355. The van der Waals surface area contributed by atoms with Gasteiger partial charge in [0.1, 0.15) is 10.6 Å². The van der Waals surface area contributed by atoms with Crippen molar-refractivity contribution in [3.05, 3.63) is 34.4 Å². The van der Waals surface area contributed by atoms with Crippen LogP contribution in [0.2, 0.25) is 5.28 Å². The van der Waals surface area contributed by atoms with E-state index >= 15 is 0 Å². The summed E-state index contributed by atoms with van der Waals surface area (Å²) in [5, 5.41) is 4.48. The van der Waals surface area contributed by atoms with Crippen molar-refractivity contribution in [3.63, 3.8) is 0 Å². The van der Waals surface area contributed by atoms with E-state index in [1.54, 1.807) is 25.6 Å². The molecule has 0 atom stereocenters. The Bertz CT molecular complexity index is 851. The molecule has 0 unspecified atom stereocenters. The van der Waals surface area contributed by atoms with Gasteiger partial charge in [-0.1, -0.05) is 6.92 Å². The van der Waals surface area contributed by atoms with E-state index in [9.17, 15) is 0 Å². The lowest BCUT2D eigenvalue weighted by Gasteiger charge is -2.11. The molecule has 0 aliphatic carbocycles. The van der Waals surface area contributed by atoms with Crippen molar-refractivity contribution in [2.24, 2.45) is 0 Å². The molecule has 0 amide bonds. The number of fused-ring (bicyclic) bond motifs is 1. The van der Waals surface area contributed by atoms with Gasteiger partial charge in [-0.2, -0.15) is 4.98 Å². The molecule has 0 saturated carbocycles. The summed E-state index contributed by atoms with van der Waals surface area (Å²) < 4.78 is 10.6. The summed E-state index contributed by atoms with van der Waals surface area (Å²) in [7, 11) is 3.21. The second-order valence-corrected chi connectivity index (χ2v) is 6.27. The third-order valence-electron chi connectivity index (χ3n) is 3.41. The second-order valence-electron chi connectivity index (χ2n) is 4.82. The fourth-order valence-corrected chi connectivity index (χ4v) is 3.45. The molecule has 0 bridgehead atoms. The Kier molecular flexibility index (Phi) is 4.54. The van der Waals surface area contributed by atoms with Gasteiger partial charge in [0.2, 0.25) is 5.28 Å². The smallest absolute Gasteiger partial charge is 0.225 e. The van der Waals surface area contributed by atoms with Gasteiger partial charge >= 0.3 is 0 Å². The molecule has 2 heterocycles. The van der Waals surface area contributed by atoms with Gasteiger partial charge in [-0.3, -0.25) is 0 Å². The van der Waals surface area contributed by atoms with Crippen LogP contribution >= 0.6 is 22.9 Å². The third-order valence-corrected chi connectivity index (χ3v) is 4.75. The highest BCUT2D eigenvalue weighted by atomic mass is 35.5. The predicted molar refractivity (Wildman–Crippen MR) is 94.6 cm³/mol. The number of aromatic nitrogens is 2. The number of halogens is 1. The molecule has 7 heteroatoms. The van der Waals surface area contributed by atoms with Gasteiger partial charge in [0.15, 0.2) is 11.5 Å². The summed E-state index contributed by atoms with van der Waals surface area (Å²) >= 11 is 7.68. The van der Waals surface area contributed by atoms with Crippen LogP contribution in [0.4, 0.5) is 11.5 Å². The molecule has 0 aliphatic rings. The number of nitrogens with zero attached hydrogens (tertiary/aromatic N) is 2. The van der Waals surface area contributed by atoms with Crippen LogP contribution in [0.25, 0.3) is 10.2 Å². The highest BCUT2D eigenvalue weighted by molar-refractivity contribution is 7.18. The number of hydrogen-bond donors (Lipinski definition) is 1. The number of ether oxygens (including phenoxy) is 2. The molecular formula is C16H16ClN3O2S. The van der Waals surface area contributed by atoms with E-state index in [0.717, 1.165) is 22.3 Å². The minimum absolute atomic E-state index is 0.227. The summed E-state index contributed by atoms with van der Waals surface area (Å²) in [5.41, 5.74) is 0.836. The zero-order valence-corrected chi connectivity index (χ0v) is 14.6. The van der Waals surface area contributed by atoms with E-state index < -0.39 is 0 Å². The molecule has 5 nitrogen and oxygen atoms in total. The minimum Gasteiger partial charge on any atom is -0.493 e. The molecule has 0 aliphatic heterocycles. The maximum atomic E-state index is 6.05. The van der Waals surface area contributed by atoms with Crippen molar-refractivity contribution in [2.75, 3.05) is 19.5 Å². The molecule has 120 valence electrons. The average molecular weight is 350 g/mol. The Morgan fingerprint density at radius 1 is 1.13 bits per heavy atom. The van der Waals surface area contributed by atoms with Crippen LogP contribution in [0.15, 0.2) is 24.3 Å². The Balaban J connectivity index is 2.02. The monoisotopic (exact) mass is 349 g/mol. The van der Waals surface area contributed by atoms with Crippen LogP contribution in [-0.2, 0) is 6.42 Å². The molecule has 3 aromatic rings. The largest absolute Gasteiger partial charge is 0.493 e. The highest BCUT2D eigenvalue weighted by Gasteiger charge is 2.12. The molecule has 0 radical (unpaired) electrons. The van der Waals surface area contributed by atoms with E-state index in [-0.39, 0.29) is 5.28 Å². The van der Waals surface area contributed by atoms with Crippen LogP contribution in [0, 0.1) is 0 Å². The summed E-state index contributed by atoms with van der Waals surface area (Å²) in [6, 6.07) is 7.69. The molecule has 0 spiro atoms. The Morgan fingerprint density at radius 3 is 2.61 bits per heavy atom. The number of thiophene rings is 1. The molecule has 1 N–H and O–H groups in total. The number of nitrogens with one attached hydrogen (secondary N) is 1. The van der Waals surface area contributed by atoms with E-state index in [2.05, 4.69) is 28.3 Å². The molecular weight excluding hydrogens is 334 g/mol. The summed E-state index contributed by atoms with van der Waals surface area (Å²) in [6.07, 6.45) is 0.953. The number of hydrogen-bond acceptors (Lipinski definition) is 6. The van der Waals surface area contributed by atoms with E-state index in [1.165, 1.54) is 4.88 Å². The van der Waals surface area contributed by atoms with E-state index in [4.69, 9.17) is 21.1 Å². The number of rotatable bonds is 5. The molecule has 23 heavy (non-hydrogen) atoms. The second kappa shape index (κ2) is 6.60. The molecule has 0 fully saturated rings. The van der Waals surface area contributed by atoms with Gasteiger partial charge in [-0.25, -0.2) is 4.98 Å². The van der Waals surface area contributed by atoms with Crippen LogP contribution in [0.1, 0.15) is 11.8 Å². The first-order valence-electron chi connectivity index (χ1n) is 7.09. The maximum absolute atomic E-state index is 6.05. The highest BCUT2D eigenvalue weighted by Crippen LogP contribution is 2.34. The van der Waals surface area contributed by atoms with Gasteiger partial charge in [0.25, 0.3) is 0 Å². The Morgan fingerprint density at radius 2 is 1.91 bits per heavy atom. The quantitative estimate of drug-likeness (QED) is 0.678. The lowest BCUT2D eigenvalue weighted by Crippen LogP contribution is -1.97. The van der Waals surface area contributed by atoms with Crippen molar-refractivity contribution >= 4 is 44.7 Å². The van der Waals surface area contributed by atoms with Crippen LogP contribution in [0.5, 0.6) is 11.5 Å². The van der Waals surface area contributed by atoms with E-state index in [0.29, 0.717) is 17.3 Å². The van der Waals surface area contributed by atoms with Crippen molar-refractivity contribution in [3.8, 4) is 11.5 Å². The Labute approximate surface area is 143 Å². The van der Waals surface area contributed by atoms with Crippen molar-refractivity contribution in [2.45, 2.75) is 13.3 Å². The van der Waals surface area contributed by atoms with Gasteiger partial charge in [-0.15, -0.1) is 11.3 Å². The van der Waals surface area contributed by atoms with Crippen LogP contribution < -0.4 is 14.8 Å². The summed E-state index contributed by atoms with van der Waals surface area (Å²) in [4.78, 5) is 10.7. The molecule has 0 saturated heterocycles. The minimum atomic E-state index is 0.227. The summed E-state index contributed by atoms with van der Waals surface area (Å²) in [5.74, 6) is 2.00. The average Bonchev–Trinajstić information content (AvgIpc) is 2.97. The summed E-state index contributed by atoms with van der Waals surface area (Å²) in [6.45, 7) is 2.11. The van der Waals surface area contributed by atoms with Gasteiger partial charge in [-0.05, 0) is 36.2 Å². The fraction of sp³-hybridized carbons (Fsp3) is 0.250. The lowest BCUT2D eigenvalue weighted by atomic mass is 10.2. The van der Waals surface area contributed by atoms with Crippen LogP contribution in [0.3, 0.4) is 0 Å². The number of anilines is 2. The topological polar surface area (TPSA) is 56.3 Å². The Hall–Kier alpha value is -2.05. The fourth-order valence-electron chi connectivity index (χ4n) is 2.27. The third kappa shape index (κ3) is 3.18. The first kappa shape index (κ1) is 15.8. The van der Waals surface area contributed by atoms with Gasteiger partial charge < -0.3 is 14.8 Å². The van der Waals surface area contributed by atoms with Crippen molar-refractivity contribution in [1.29, 1.82) is 0 Å². The van der Waals surface area contributed by atoms with Gasteiger partial charge in [0, 0.05) is 16.6 Å². The zero-order valence-electron chi connectivity index (χ0n) is 13.0. The SMILES string of the molecule is CCc1cc2c(Nc3ccc(OC)c(OC)c3)nc(Cl)nc2s1. The first-order valence-corrected chi connectivity index (χ1v) is 8.29. The maximum Gasteiger partial charge on any atom is 0.225 e. The van der Waals surface area contributed by atoms with Gasteiger partial charge in [0.05, 0.1) is 19.6 Å². The number of methoxy groups -OCH3 is 2. The first-order chi connectivity index (χ1) is 11.1. The number of benzene rings is 1. The molecule has 2 aromatic heterocycles. The zero-order chi connectivity index (χ0) is 16.4. The standard InChI is InChI=1S/C16H16ClN3O2S/c1-4-10-8-11-14(19-16(17)20-15(11)23-10)18-9-5-6-12(21-2)13(7-9)22-3/h5-8H,4H2,1-3H3,(H,18,19,20). The van der Waals surface area contributed by atoms with Crippen molar-refractivity contribution < 1.29 is 9.47 Å². The van der Waals surface area contributed by atoms with Crippen LogP contribution in [-0.4, -0.2) is 24.2 Å². The van der Waals surface area contributed by atoms with E-state index in [1.807, 2.05) is 18.2 Å².